The highest BCUT2D eigenvalue weighted by atomic mass is 19.1. The van der Waals surface area contributed by atoms with Crippen LogP contribution >= 0.6 is 0 Å². The van der Waals surface area contributed by atoms with Crippen LogP contribution in [0.3, 0.4) is 0 Å². The number of nitrogens with zero attached hydrogens (tertiary/aromatic N) is 9. The van der Waals surface area contributed by atoms with Crippen molar-refractivity contribution in [1.29, 1.82) is 0 Å². The number of benzene rings is 4. The van der Waals surface area contributed by atoms with Crippen LogP contribution in [-0.4, -0.2) is 125 Å². The first-order chi connectivity index (χ1) is 40.2. The molecule has 8 heterocycles. The number of pyridine rings is 1. The van der Waals surface area contributed by atoms with Gasteiger partial charge in [-0.15, -0.1) is 5.10 Å². The second kappa shape index (κ2) is 22.3. The molecule has 4 N–H and O–H groups in total. The number of β-amino-alcohol motifs (C(OH)–C–C–N with tert-alkyl or cyclic N) is 1. The maximum Gasteiger partial charge on any atom is 0.319 e. The van der Waals surface area contributed by atoms with Crippen LogP contribution in [0.1, 0.15) is 106 Å². The number of halogens is 3. The molecule has 5 aliphatic rings. The molecule has 18 nitrogen and oxygen atoms in total. The number of likely N-dealkylation sites (tertiary alicyclic amines) is 1. The molecule has 4 aromatic carbocycles. The van der Waals surface area contributed by atoms with E-state index in [9.17, 15) is 23.5 Å². The fourth-order valence-electron chi connectivity index (χ4n) is 12.7. The van der Waals surface area contributed by atoms with E-state index in [1.54, 1.807) is 50.5 Å². The third-order valence-corrected chi connectivity index (χ3v) is 17.2. The lowest BCUT2D eigenvalue weighted by molar-refractivity contribution is -0.142. The van der Waals surface area contributed by atoms with Crippen molar-refractivity contribution in [3.63, 3.8) is 0 Å². The highest BCUT2D eigenvalue weighted by Gasteiger charge is 2.44. The third-order valence-electron chi connectivity index (χ3n) is 17.2. The van der Waals surface area contributed by atoms with Crippen molar-refractivity contribution in [1.82, 2.24) is 55.7 Å². The van der Waals surface area contributed by atoms with Crippen LogP contribution < -0.4 is 25.0 Å². The fraction of sp³-hybridized carbons (Fsp3) is 0.419. The fourth-order valence-corrected chi connectivity index (χ4v) is 12.7. The largest absolute Gasteiger partial charge is 0.486 e. The molecule has 2 unspecified atom stereocenters. The zero-order valence-electron chi connectivity index (χ0n) is 46.6. The van der Waals surface area contributed by atoms with Crippen molar-refractivity contribution in [2.45, 2.75) is 128 Å². The predicted octanol–water partition coefficient (Wildman–Crippen LogP) is 9.21. The van der Waals surface area contributed by atoms with Gasteiger partial charge in [-0.2, -0.15) is 15.1 Å². The number of carbonyl (C=O) groups is 2. The van der Waals surface area contributed by atoms with Crippen LogP contribution in [0, 0.1) is 30.3 Å². The Morgan fingerprint density at radius 3 is 2.27 bits per heavy atom. The molecule has 430 valence electrons. The molecule has 6 atom stereocenters. The molecule has 1 aliphatic carbocycles. The SMILES string of the molecule is Cc1c(F)cc2[nH]ncc2c1-c1c(C2CC2)cc2c(N3CC4CCC(C3)N4)nc(OC3CCOCC3)nc2c1OCc1ccc(-c2cn([C@H](C(=O)N3C[C@H](O)C[C@H]3C(=O)N[C@@H](C)c3ccc(-c4c(F)cncc4F)cc3)C(C)C)nn2)cc1. The highest BCUT2D eigenvalue weighted by Crippen LogP contribution is 2.53. The molecule has 13 rings (SSSR count). The summed E-state index contributed by atoms with van der Waals surface area (Å²) >= 11 is 0. The first-order valence-corrected chi connectivity index (χ1v) is 28.8. The lowest BCUT2D eigenvalue weighted by Gasteiger charge is -2.35. The first-order valence-electron chi connectivity index (χ1n) is 28.8. The normalized spacial score (nSPS) is 20.8. The molecule has 5 fully saturated rings. The van der Waals surface area contributed by atoms with Crippen molar-refractivity contribution < 1.29 is 42.1 Å². The number of fused-ring (bicyclic) bond motifs is 4. The Hall–Kier alpha value is -8.01. The van der Waals surface area contributed by atoms with Crippen LogP contribution in [0.2, 0.25) is 0 Å². The molecule has 2 amide bonds. The number of aliphatic hydroxyl groups is 1. The minimum atomic E-state index is -0.975. The number of nitrogens with one attached hydrogen (secondary N) is 3. The Labute approximate surface area is 477 Å². The minimum Gasteiger partial charge on any atom is -0.486 e. The van der Waals surface area contributed by atoms with E-state index in [1.807, 2.05) is 38.1 Å². The van der Waals surface area contributed by atoms with Crippen molar-refractivity contribution >= 4 is 39.4 Å². The van der Waals surface area contributed by atoms with E-state index in [-0.39, 0.29) is 54.9 Å². The number of hydrogen-bond donors (Lipinski definition) is 4. The van der Waals surface area contributed by atoms with Crippen LogP contribution in [0.5, 0.6) is 11.8 Å². The summed E-state index contributed by atoms with van der Waals surface area (Å²) in [4.78, 5) is 46.4. The number of hydrogen-bond acceptors (Lipinski definition) is 14. The standard InChI is InChI=1S/C62H65F3N12O6/c1-32(2)57(61(80)76-29-42(78)21-52(76)60(79)68-34(4)36-9-13-39(14-10-36)54-48(64)25-66-26-49(54)65)77-30-51(73-74-77)38-7-5-35(6-8-38)31-82-58-55(53-33(3)47(63)23-50-46(53)24-67-72-50)44(37-11-12-37)22-45-56(58)70-62(83-43-17-19-81-20-18-43)71-59(45)75-27-40-15-16-41(28-75)69-40/h5-10,13-14,22-26,30,32,34,37,40-43,52,57,69,78H,11-12,15-21,27-29,31H2,1-4H3,(H,67,72)(H,68,79)/t34-,40?,41?,42+,52-,57-/m0/s1. The van der Waals surface area contributed by atoms with Gasteiger partial charge in [0, 0.05) is 78.4 Å². The molecule has 0 radical (unpaired) electrons. The lowest BCUT2D eigenvalue weighted by atomic mass is 9.88. The average molecular weight is 1130 g/mol. The van der Waals surface area contributed by atoms with Crippen molar-refractivity contribution in [3.05, 3.63) is 125 Å². The molecular formula is C62H65F3N12O6. The van der Waals surface area contributed by atoms with Crippen LogP contribution in [0.4, 0.5) is 19.0 Å². The number of aliphatic hydroxyl groups excluding tert-OH is 1. The Bertz CT molecular complexity index is 3720. The molecule has 83 heavy (non-hydrogen) atoms. The molecule has 1 saturated carbocycles. The van der Waals surface area contributed by atoms with Crippen molar-refractivity contribution in [2.75, 3.05) is 37.7 Å². The number of ether oxygens (including phenoxy) is 3. The van der Waals surface area contributed by atoms with Gasteiger partial charge in [0.15, 0.2) is 17.4 Å². The first kappa shape index (κ1) is 54.3. The average Bonchev–Trinajstić information content (AvgIpc) is 2.09. The number of carbonyl (C=O) groups excluding carboxylic acids is 2. The van der Waals surface area contributed by atoms with Crippen molar-refractivity contribution in [3.8, 4) is 45.3 Å². The molecule has 21 heteroatoms. The van der Waals surface area contributed by atoms with E-state index in [0.717, 1.165) is 90.0 Å². The van der Waals surface area contributed by atoms with Crippen LogP contribution in [0.25, 0.3) is 55.3 Å². The van der Waals surface area contributed by atoms with E-state index in [4.69, 9.17) is 24.2 Å². The summed E-state index contributed by atoms with van der Waals surface area (Å²) in [5.41, 5.74) is 7.04. The second-order valence-electron chi connectivity index (χ2n) is 23.3. The molecule has 4 saturated heterocycles. The maximum absolute atomic E-state index is 16.2. The highest BCUT2D eigenvalue weighted by molar-refractivity contribution is 6.06. The summed E-state index contributed by atoms with van der Waals surface area (Å²) < 4.78 is 66.1. The number of aromatic nitrogens is 8. The Morgan fingerprint density at radius 2 is 1.55 bits per heavy atom. The van der Waals surface area contributed by atoms with E-state index in [1.165, 1.54) is 15.6 Å². The van der Waals surface area contributed by atoms with E-state index >= 15 is 4.39 Å². The monoisotopic (exact) mass is 1130 g/mol. The van der Waals surface area contributed by atoms with Crippen LogP contribution in [-0.2, 0) is 20.9 Å². The zero-order chi connectivity index (χ0) is 57.2. The Morgan fingerprint density at radius 1 is 0.831 bits per heavy atom. The van der Waals surface area contributed by atoms with Gasteiger partial charge < -0.3 is 39.8 Å². The van der Waals surface area contributed by atoms with Gasteiger partial charge in [-0.3, -0.25) is 19.7 Å². The van der Waals surface area contributed by atoms with Gasteiger partial charge in [-0.1, -0.05) is 67.6 Å². The van der Waals surface area contributed by atoms with Gasteiger partial charge in [0.05, 0.1) is 61.2 Å². The Balaban J connectivity index is 0.779. The zero-order valence-corrected chi connectivity index (χ0v) is 46.6. The summed E-state index contributed by atoms with van der Waals surface area (Å²) in [6, 6.07) is 16.5. The summed E-state index contributed by atoms with van der Waals surface area (Å²) in [5, 5.41) is 35.6. The summed E-state index contributed by atoms with van der Waals surface area (Å²) in [5.74, 6) is -1.55. The van der Waals surface area contributed by atoms with Crippen molar-refractivity contribution in [2.24, 2.45) is 5.92 Å². The van der Waals surface area contributed by atoms with E-state index in [2.05, 4.69) is 47.1 Å². The van der Waals surface area contributed by atoms with Gasteiger partial charge >= 0.3 is 6.01 Å². The molecule has 4 aliphatic heterocycles. The van der Waals surface area contributed by atoms with Gasteiger partial charge in [0.1, 0.15) is 47.6 Å². The molecule has 2 bridgehead atoms. The third kappa shape index (κ3) is 10.6. The number of aromatic amines is 1. The quantitative estimate of drug-likeness (QED) is 0.0711. The molecular weight excluding hydrogens is 1070 g/mol. The van der Waals surface area contributed by atoms with E-state index < -0.39 is 47.7 Å². The summed E-state index contributed by atoms with van der Waals surface area (Å²) in [6.07, 6.45) is 9.89. The topological polar surface area (TPSA) is 211 Å². The molecule has 0 spiro atoms. The minimum absolute atomic E-state index is 0.0353. The predicted molar refractivity (Wildman–Crippen MR) is 304 cm³/mol. The van der Waals surface area contributed by atoms with Gasteiger partial charge in [-0.05, 0) is 91.3 Å². The lowest BCUT2D eigenvalue weighted by Crippen LogP contribution is -2.51. The summed E-state index contributed by atoms with van der Waals surface area (Å²) in [7, 11) is 0. The number of amides is 2. The number of rotatable bonds is 16. The maximum atomic E-state index is 16.2. The molecule has 8 aromatic rings. The van der Waals surface area contributed by atoms with Gasteiger partial charge in [0.2, 0.25) is 11.8 Å². The molecule has 4 aromatic heterocycles. The van der Waals surface area contributed by atoms with Gasteiger partial charge in [0.25, 0.3) is 0 Å². The summed E-state index contributed by atoms with van der Waals surface area (Å²) in [6.45, 7) is 10.2. The van der Waals surface area contributed by atoms with Crippen LogP contribution in [0.15, 0.2) is 85.5 Å². The van der Waals surface area contributed by atoms with E-state index in [0.29, 0.717) is 82.9 Å². The second-order valence-corrected chi connectivity index (χ2v) is 23.3. The van der Waals surface area contributed by atoms with Gasteiger partial charge in [-0.25, -0.2) is 17.9 Å². The smallest absolute Gasteiger partial charge is 0.319 e. The number of piperazine rings is 1. The number of anilines is 1. The Kier molecular flexibility index (Phi) is 14.6. The number of H-pyrrole nitrogens is 1.